The minimum Gasteiger partial charge on any atom is -0.379 e. The maximum atomic E-state index is 11.9. The Balaban J connectivity index is 1.84. The van der Waals surface area contributed by atoms with E-state index in [0.717, 1.165) is 12.1 Å². The molecular weight excluding hydrogens is 282 g/mol. The Kier molecular flexibility index (Phi) is 5.72. The normalized spacial score (nSPS) is 22.5. The van der Waals surface area contributed by atoms with E-state index in [1.165, 1.54) is 11.3 Å². The third kappa shape index (κ3) is 4.14. The van der Waals surface area contributed by atoms with Crippen LogP contribution in [-0.2, 0) is 20.8 Å². The van der Waals surface area contributed by atoms with Crippen molar-refractivity contribution in [2.24, 2.45) is 0 Å². The van der Waals surface area contributed by atoms with Gasteiger partial charge in [0.25, 0.3) is 0 Å². The number of hydrogen-bond acceptors (Lipinski definition) is 6. The first-order valence-electron chi connectivity index (χ1n) is 6.34. The Labute approximate surface area is 121 Å². The van der Waals surface area contributed by atoms with Crippen LogP contribution in [0, 0.1) is 0 Å². The minimum absolute atomic E-state index is 0.0187. The predicted molar refractivity (Wildman–Crippen MR) is 75.0 cm³/mol. The van der Waals surface area contributed by atoms with Crippen molar-refractivity contribution in [3.63, 3.8) is 0 Å². The molecule has 1 aromatic heterocycles. The number of anilines is 1. The van der Waals surface area contributed by atoms with Gasteiger partial charge in [0.1, 0.15) is 0 Å². The third-order valence-corrected chi connectivity index (χ3v) is 3.78. The fourth-order valence-corrected chi connectivity index (χ4v) is 2.71. The van der Waals surface area contributed by atoms with Crippen LogP contribution in [-0.4, -0.2) is 50.6 Å². The molecule has 7 nitrogen and oxygen atoms in total. The van der Waals surface area contributed by atoms with Gasteiger partial charge in [-0.15, -0.1) is 11.3 Å². The van der Waals surface area contributed by atoms with Gasteiger partial charge >= 0.3 is 6.03 Å². The van der Waals surface area contributed by atoms with Gasteiger partial charge in [-0.2, -0.15) is 0 Å². The summed E-state index contributed by atoms with van der Waals surface area (Å²) in [5, 5.41) is 7.94. The van der Waals surface area contributed by atoms with Crippen LogP contribution in [0.5, 0.6) is 0 Å². The summed E-state index contributed by atoms with van der Waals surface area (Å²) >= 11 is 1.36. The van der Waals surface area contributed by atoms with Gasteiger partial charge in [0, 0.05) is 26.2 Å². The van der Waals surface area contributed by atoms with E-state index in [4.69, 9.17) is 14.2 Å². The molecule has 2 heterocycles. The summed E-state index contributed by atoms with van der Waals surface area (Å²) in [5.41, 5.74) is 0.795. The molecule has 1 aliphatic heterocycles. The van der Waals surface area contributed by atoms with E-state index in [1.54, 1.807) is 14.2 Å². The van der Waals surface area contributed by atoms with Crippen LogP contribution in [0.1, 0.15) is 12.1 Å². The summed E-state index contributed by atoms with van der Waals surface area (Å²) in [6.07, 6.45) is 0.756. The molecule has 0 radical (unpaired) electrons. The van der Waals surface area contributed by atoms with Gasteiger partial charge in [0.05, 0.1) is 31.1 Å². The fraction of sp³-hybridized carbons (Fsp3) is 0.667. The molecule has 112 valence electrons. The van der Waals surface area contributed by atoms with Gasteiger partial charge in [0.2, 0.25) is 0 Å². The van der Waals surface area contributed by atoms with Gasteiger partial charge in [-0.3, -0.25) is 5.32 Å². The summed E-state index contributed by atoms with van der Waals surface area (Å²) < 4.78 is 15.7. The average Bonchev–Trinajstić information content (AvgIpc) is 2.87. The summed E-state index contributed by atoms with van der Waals surface area (Å²) in [6.45, 7) is 1.55. The molecule has 2 rings (SSSR count). The number of thiazole rings is 1. The van der Waals surface area contributed by atoms with Crippen LogP contribution in [0.3, 0.4) is 0 Å². The molecule has 2 N–H and O–H groups in total. The highest BCUT2D eigenvalue weighted by molar-refractivity contribution is 7.13. The zero-order chi connectivity index (χ0) is 14.4. The first-order valence-corrected chi connectivity index (χ1v) is 7.22. The highest BCUT2D eigenvalue weighted by Crippen LogP contribution is 2.16. The lowest BCUT2D eigenvalue weighted by molar-refractivity contribution is -0.0330. The maximum Gasteiger partial charge on any atom is 0.321 e. The van der Waals surface area contributed by atoms with Crippen molar-refractivity contribution >= 4 is 22.5 Å². The van der Waals surface area contributed by atoms with E-state index in [9.17, 15) is 4.79 Å². The van der Waals surface area contributed by atoms with Gasteiger partial charge in [-0.25, -0.2) is 9.78 Å². The molecular formula is C12H19N3O4S. The van der Waals surface area contributed by atoms with E-state index in [-0.39, 0.29) is 18.2 Å². The fourth-order valence-electron chi connectivity index (χ4n) is 2.02. The third-order valence-electron chi connectivity index (χ3n) is 2.98. The van der Waals surface area contributed by atoms with Crippen molar-refractivity contribution in [1.82, 2.24) is 10.3 Å². The smallest absolute Gasteiger partial charge is 0.321 e. The molecule has 0 aliphatic carbocycles. The molecule has 1 aliphatic rings. The molecule has 0 saturated carbocycles. The zero-order valence-corrected chi connectivity index (χ0v) is 12.4. The van der Waals surface area contributed by atoms with Crippen molar-refractivity contribution in [1.29, 1.82) is 0 Å². The minimum atomic E-state index is -0.305. The monoisotopic (exact) mass is 301 g/mol. The lowest BCUT2D eigenvalue weighted by atomic mass is 10.1. The van der Waals surface area contributed by atoms with Crippen molar-refractivity contribution in [2.75, 3.05) is 32.8 Å². The number of carbonyl (C=O) groups excluding carboxylic acids is 1. The second kappa shape index (κ2) is 7.53. The molecule has 2 amide bonds. The Morgan fingerprint density at radius 1 is 1.60 bits per heavy atom. The average molecular weight is 301 g/mol. The Bertz CT molecular complexity index is 440. The SMILES string of the molecule is COCc1csc(NC(=O)N[C@@H]2COCC[C@H]2OC)n1. The second-order valence-electron chi connectivity index (χ2n) is 4.42. The number of nitrogens with zero attached hydrogens (tertiary/aromatic N) is 1. The second-order valence-corrected chi connectivity index (χ2v) is 5.28. The first-order chi connectivity index (χ1) is 9.72. The topological polar surface area (TPSA) is 81.7 Å². The van der Waals surface area contributed by atoms with E-state index in [1.807, 2.05) is 5.38 Å². The molecule has 20 heavy (non-hydrogen) atoms. The largest absolute Gasteiger partial charge is 0.379 e. The molecule has 1 fully saturated rings. The number of hydrogen-bond donors (Lipinski definition) is 2. The predicted octanol–water partition coefficient (Wildman–Crippen LogP) is 1.21. The van der Waals surface area contributed by atoms with Crippen LogP contribution < -0.4 is 10.6 Å². The molecule has 0 spiro atoms. The summed E-state index contributed by atoms with van der Waals surface area (Å²) in [5.74, 6) is 0. The summed E-state index contributed by atoms with van der Waals surface area (Å²) in [6, 6.07) is -0.451. The first kappa shape index (κ1) is 15.2. The standard InChI is InChI=1S/C12H19N3O4S/c1-17-5-8-7-20-12(13-8)15-11(16)14-9-6-19-4-3-10(9)18-2/h7,9-10H,3-6H2,1-2H3,(H2,13,14,15,16)/t9-,10-/m1/s1. The molecule has 8 heteroatoms. The molecule has 1 aromatic rings. The number of methoxy groups -OCH3 is 2. The van der Waals surface area contributed by atoms with Crippen molar-refractivity contribution in [2.45, 2.75) is 25.2 Å². The quantitative estimate of drug-likeness (QED) is 0.854. The van der Waals surface area contributed by atoms with E-state index < -0.39 is 0 Å². The van der Waals surface area contributed by atoms with Gasteiger partial charge in [0.15, 0.2) is 5.13 Å². The van der Waals surface area contributed by atoms with Crippen molar-refractivity contribution < 1.29 is 19.0 Å². The van der Waals surface area contributed by atoms with Crippen LogP contribution in [0.2, 0.25) is 0 Å². The molecule has 0 unspecified atom stereocenters. The Hall–Kier alpha value is -1.22. The zero-order valence-electron chi connectivity index (χ0n) is 11.5. The Morgan fingerprint density at radius 2 is 2.45 bits per heavy atom. The van der Waals surface area contributed by atoms with E-state index >= 15 is 0 Å². The molecule has 1 saturated heterocycles. The molecule has 2 atom stereocenters. The number of rotatable bonds is 5. The van der Waals surface area contributed by atoms with Crippen LogP contribution in [0.25, 0.3) is 0 Å². The lowest BCUT2D eigenvalue weighted by Crippen LogP contribution is -2.51. The number of amides is 2. The van der Waals surface area contributed by atoms with Crippen LogP contribution in [0.15, 0.2) is 5.38 Å². The number of urea groups is 1. The number of aromatic nitrogens is 1. The van der Waals surface area contributed by atoms with E-state index in [2.05, 4.69) is 15.6 Å². The summed E-state index contributed by atoms with van der Waals surface area (Å²) in [7, 11) is 3.24. The lowest BCUT2D eigenvalue weighted by Gasteiger charge is -2.30. The van der Waals surface area contributed by atoms with Gasteiger partial charge < -0.3 is 19.5 Å². The van der Waals surface area contributed by atoms with Crippen LogP contribution in [0.4, 0.5) is 9.93 Å². The Morgan fingerprint density at radius 3 is 3.20 bits per heavy atom. The number of ether oxygens (including phenoxy) is 3. The summed E-state index contributed by atoms with van der Waals surface area (Å²) in [4.78, 5) is 16.1. The van der Waals surface area contributed by atoms with Gasteiger partial charge in [-0.1, -0.05) is 0 Å². The molecule has 0 bridgehead atoms. The van der Waals surface area contributed by atoms with Gasteiger partial charge in [-0.05, 0) is 6.42 Å². The van der Waals surface area contributed by atoms with Crippen molar-refractivity contribution in [3.05, 3.63) is 11.1 Å². The van der Waals surface area contributed by atoms with E-state index in [0.29, 0.717) is 25.0 Å². The van der Waals surface area contributed by atoms with Crippen LogP contribution >= 0.6 is 11.3 Å². The molecule has 0 aromatic carbocycles. The van der Waals surface area contributed by atoms with Crippen molar-refractivity contribution in [3.8, 4) is 0 Å². The number of carbonyl (C=O) groups is 1. The highest BCUT2D eigenvalue weighted by Gasteiger charge is 2.27. The number of nitrogens with one attached hydrogen (secondary N) is 2. The highest BCUT2D eigenvalue weighted by atomic mass is 32.1. The maximum absolute atomic E-state index is 11.9.